The Hall–Kier alpha value is -5.30. The molecule has 10 heteroatoms. The highest BCUT2D eigenvalue weighted by atomic mass is 16.5. The van der Waals surface area contributed by atoms with Crippen molar-refractivity contribution in [2.24, 2.45) is 23.5 Å². The summed E-state index contributed by atoms with van der Waals surface area (Å²) < 4.78 is 5.47. The van der Waals surface area contributed by atoms with Gasteiger partial charge in [0.2, 0.25) is 5.91 Å². The number of carbonyl (C=O) groups is 5. The summed E-state index contributed by atoms with van der Waals surface area (Å²) in [6, 6.07) is 22.7. The van der Waals surface area contributed by atoms with Crippen molar-refractivity contribution in [3.05, 3.63) is 95.6 Å². The molecule has 50 heavy (non-hydrogen) atoms. The van der Waals surface area contributed by atoms with Gasteiger partial charge in [-0.1, -0.05) is 93.1 Å². The lowest BCUT2D eigenvalue weighted by atomic mass is 9.83. The molecule has 1 aliphatic rings. The first kappa shape index (κ1) is 37.5. The van der Waals surface area contributed by atoms with Gasteiger partial charge in [-0.25, -0.2) is 4.79 Å². The SMILES string of the molecule is CC(C)CC(CC(=O)[C@H](Cc1cccc2ccccc12)NC(=O)OCc1ccccc1)C(=O)N[C@H](/C=C(\C#N)C(N)=O)C[C@@H]1CCCCC1=O. The molecule has 1 unspecified atom stereocenters. The Labute approximate surface area is 293 Å². The predicted octanol–water partition coefficient (Wildman–Crippen LogP) is 5.87. The molecule has 1 aliphatic carbocycles. The zero-order valence-corrected chi connectivity index (χ0v) is 28.7. The number of Topliss-reactive ketones (excluding diaryl/α,β-unsaturated/α-hetero) is 2. The molecule has 0 spiro atoms. The van der Waals surface area contributed by atoms with Crippen molar-refractivity contribution in [2.45, 2.75) is 83.9 Å². The number of primary amides is 1. The number of rotatable bonds is 16. The number of ether oxygens (including phenoxy) is 1. The molecule has 3 aromatic carbocycles. The Morgan fingerprint density at radius 2 is 1.70 bits per heavy atom. The van der Waals surface area contributed by atoms with Crippen LogP contribution in [0.2, 0.25) is 0 Å². The van der Waals surface area contributed by atoms with Gasteiger partial charge in [-0.3, -0.25) is 19.2 Å². The summed E-state index contributed by atoms with van der Waals surface area (Å²) in [5.74, 6) is -2.74. The summed E-state index contributed by atoms with van der Waals surface area (Å²) in [5.41, 5.74) is 6.74. The number of ketones is 2. The van der Waals surface area contributed by atoms with E-state index in [-0.39, 0.29) is 54.8 Å². The van der Waals surface area contributed by atoms with Gasteiger partial charge in [-0.2, -0.15) is 5.26 Å². The van der Waals surface area contributed by atoms with Crippen LogP contribution in [0.25, 0.3) is 10.8 Å². The molecule has 4 rings (SSSR count). The van der Waals surface area contributed by atoms with Crippen LogP contribution in [0.15, 0.2) is 84.4 Å². The van der Waals surface area contributed by atoms with Gasteiger partial charge in [0.25, 0.3) is 5.91 Å². The number of hydrogen-bond donors (Lipinski definition) is 3. The fourth-order valence-electron chi connectivity index (χ4n) is 6.54. The van der Waals surface area contributed by atoms with Crippen molar-refractivity contribution < 1.29 is 28.7 Å². The molecule has 4 atom stereocenters. The van der Waals surface area contributed by atoms with Gasteiger partial charge in [0.15, 0.2) is 5.78 Å². The van der Waals surface area contributed by atoms with E-state index in [2.05, 4.69) is 10.6 Å². The second-order valence-electron chi connectivity index (χ2n) is 13.4. The van der Waals surface area contributed by atoms with E-state index >= 15 is 0 Å². The summed E-state index contributed by atoms with van der Waals surface area (Å²) in [7, 11) is 0. The Bertz CT molecular complexity index is 1740. The van der Waals surface area contributed by atoms with E-state index in [9.17, 15) is 29.2 Å². The van der Waals surface area contributed by atoms with Crippen molar-refractivity contribution in [3.8, 4) is 6.07 Å². The lowest BCUT2D eigenvalue weighted by molar-refractivity contribution is -0.131. The Kier molecular flexibility index (Phi) is 13.9. The highest BCUT2D eigenvalue weighted by molar-refractivity contribution is 5.96. The standard InChI is InChI=1S/C40H46N4O6/c1-26(2)19-31(39(48)43-33(21-32(24-41)38(42)47)20-30-14-7-9-18-36(30)45)23-37(46)35(44-40(49)50-25-27-11-4-3-5-12-27)22-29-16-10-15-28-13-6-8-17-34(28)29/h3-6,8,10-13,15-17,21,26,30-31,33,35H,7,9,14,18-20,22-23,25H2,1-2H3,(H2,42,47)(H,43,48)(H,44,49)/b32-21+/t30-,31?,33-,35-/m0/s1. The normalized spacial score (nSPS) is 16.6. The number of nitrogens with zero attached hydrogens (tertiary/aromatic N) is 1. The molecule has 0 saturated heterocycles. The number of alkyl carbamates (subject to hydrolysis) is 1. The molecule has 1 fully saturated rings. The zero-order valence-electron chi connectivity index (χ0n) is 28.7. The molecular formula is C40H46N4O6. The van der Waals surface area contributed by atoms with Crippen molar-refractivity contribution >= 4 is 40.2 Å². The van der Waals surface area contributed by atoms with Gasteiger partial charge in [0.05, 0.1) is 6.04 Å². The summed E-state index contributed by atoms with van der Waals surface area (Å²) in [6.45, 7) is 3.90. The molecule has 10 nitrogen and oxygen atoms in total. The van der Waals surface area contributed by atoms with Crippen LogP contribution in [0.3, 0.4) is 0 Å². The maximum atomic E-state index is 14.1. The molecule has 0 aromatic heterocycles. The largest absolute Gasteiger partial charge is 0.445 e. The van der Waals surface area contributed by atoms with Crippen molar-refractivity contribution in [1.29, 1.82) is 5.26 Å². The monoisotopic (exact) mass is 678 g/mol. The van der Waals surface area contributed by atoms with Crippen LogP contribution in [0, 0.1) is 29.1 Å². The minimum Gasteiger partial charge on any atom is -0.445 e. The van der Waals surface area contributed by atoms with Crippen LogP contribution < -0.4 is 16.4 Å². The topological polar surface area (TPSA) is 168 Å². The first-order valence-corrected chi connectivity index (χ1v) is 17.2. The number of carbonyl (C=O) groups excluding carboxylic acids is 5. The zero-order chi connectivity index (χ0) is 36.0. The lowest BCUT2D eigenvalue weighted by Gasteiger charge is -2.27. The molecule has 0 heterocycles. The molecule has 0 bridgehead atoms. The highest BCUT2D eigenvalue weighted by Gasteiger charge is 2.32. The fourth-order valence-corrected chi connectivity index (χ4v) is 6.54. The molecular weight excluding hydrogens is 632 g/mol. The minimum atomic E-state index is -0.998. The Morgan fingerprint density at radius 1 is 0.980 bits per heavy atom. The van der Waals surface area contributed by atoms with Crippen molar-refractivity contribution in [2.75, 3.05) is 0 Å². The predicted molar refractivity (Wildman–Crippen MR) is 190 cm³/mol. The van der Waals surface area contributed by atoms with Gasteiger partial charge in [0, 0.05) is 37.1 Å². The molecule has 0 aliphatic heterocycles. The second-order valence-corrected chi connectivity index (χ2v) is 13.4. The van der Waals surface area contributed by atoms with E-state index in [0.29, 0.717) is 19.3 Å². The molecule has 1 saturated carbocycles. The van der Waals surface area contributed by atoms with Crippen LogP contribution in [-0.4, -0.2) is 41.6 Å². The Balaban J connectivity index is 1.57. The van der Waals surface area contributed by atoms with Gasteiger partial charge < -0.3 is 21.1 Å². The van der Waals surface area contributed by atoms with Crippen LogP contribution >= 0.6 is 0 Å². The van der Waals surface area contributed by atoms with E-state index in [1.165, 1.54) is 6.08 Å². The van der Waals surface area contributed by atoms with Crippen LogP contribution in [0.5, 0.6) is 0 Å². The third-order valence-electron chi connectivity index (χ3n) is 9.07. The number of amides is 3. The van der Waals surface area contributed by atoms with E-state index in [1.54, 1.807) is 6.07 Å². The summed E-state index contributed by atoms with van der Waals surface area (Å²) >= 11 is 0. The third kappa shape index (κ3) is 11.1. The molecule has 4 N–H and O–H groups in total. The summed E-state index contributed by atoms with van der Waals surface area (Å²) in [5, 5.41) is 17.1. The average molecular weight is 679 g/mol. The molecule has 262 valence electrons. The van der Waals surface area contributed by atoms with Gasteiger partial charge in [0.1, 0.15) is 24.0 Å². The maximum Gasteiger partial charge on any atom is 0.408 e. The second kappa shape index (κ2) is 18.5. The number of benzene rings is 3. The van der Waals surface area contributed by atoms with Crippen molar-refractivity contribution in [1.82, 2.24) is 10.6 Å². The van der Waals surface area contributed by atoms with E-state index in [0.717, 1.165) is 34.7 Å². The quantitative estimate of drug-likeness (QED) is 0.126. The first-order valence-electron chi connectivity index (χ1n) is 17.2. The maximum absolute atomic E-state index is 14.1. The van der Waals surface area contributed by atoms with E-state index in [4.69, 9.17) is 10.5 Å². The Morgan fingerprint density at radius 3 is 2.40 bits per heavy atom. The van der Waals surface area contributed by atoms with Gasteiger partial charge in [-0.05, 0) is 59.6 Å². The number of fused-ring (bicyclic) bond motifs is 1. The van der Waals surface area contributed by atoms with Crippen LogP contribution in [0.1, 0.15) is 69.9 Å². The highest BCUT2D eigenvalue weighted by Crippen LogP contribution is 2.27. The molecule has 3 amide bonds. The van der Waals surface area contributed by atoms with Crippen LogP contribution in [0.4, 0.5) is 4.79 Å². The first-order chi connectivity index (χ1) is 24.0. The van der Waals surface area contributed by atoms with Crippen molar-refractivity contribution in [3.63, 3.8) is 0 Å². The number of hydrogen-bond acceptors (Lipinski definition) is 7. The smallest absolute Gasteiger partial charge is 0.408 e. The third-order valence-corrected chi connectivity index (χ3v) is 9.07. The number of nitrogens with one attached hydrogen (secondary N) is 2. The average Bonchev–Trinajstić information content (AvgIpc) is 3.10. The molecule has 3 aromatic rings. The van der Waals surface area contributed by atoms with E-state index in [1.807, 2.05) is 86.6 Å². The summed E-state index contributed by atoms with van der Waals surface area (Å²) in [4.78, 5) is 65.7. The lowest BCUT2D eigenvalue weighted by Crippen LogP contribution is -2.46. The summed E-state index contributed by atoms with van der Waals surface area (Å²) in [6.07, 6.45) is 3.88. The fraction of sp³-hybridized carbons (Fsp3) is 0.400. The van der Waals surface area contributed by atoms with Gasteiger partial charge in [-0.15, -0.1) is 0 Å². The number of nitrogens with two attached hydrogens (primary N) is 1. The van der Waals surface area contributed by atoms with Crippen LogP contribution in [-0.2, 0) is 36.9 Å². The van der Waals surface area contributed by atoms with Gasteiger partial charge >= 0.3 is 6.09 Å². The van der Waals surface area contributed by atoms with E-state index < -0.39 is 35.9 Å². The number of nitriles is 1. The minimum absolute atomic E-state index is 0.0224. The molecule has 0 radical (unpaired) electrons.